The van der Waals surface area contributed by atoms with E-state index in [1.807, 2.05) is 12.1 Å². The quantitative estimate of drug-likeness (QED) is 0.713. The van der Waals surface area contributed by atoms with Crippen molar-refractivity contribution in [2.75, 3.05) is 0 Å². The summed E-state index contributed by atoms with van der Waals surface area (Å²) in [6, 6.07) is 8.28. The average Bonchev–Trinajstić information content (AvgIpc) is 2.48. The number of fused-ring (bicyclic) bond motifs is 1. The van der Waals surface area contributed by atoms with Crippen LogP contribution in [-0.4, -0.2) is 23.7 Å². The van der Waals surface area contributed by atoms with Crippen LogP contribution >= 0.6 is 0 Å². The van der Waals surface area contributed by atoms with Gasteiger partial charge in [0, 0.05) is 0 Å². The summed E-state index contributed by atoms with van der Waals surface area (Å²) in [5.41, 5.74) is 6.91. The van der Waals surface area contributed by atoms with Crippen molar-refractivity contribution in [3.05, 3.63) is 29.8 Å². The van der Waals surface area contributed by atoms with Crippen LogP contribution in [-0.2, 0) is 14.7 Å². The molecule has 0 radical (unpaired) electrons. The summed E-state index contributed by atoms with van der Waals surface area (Å²) in [5, 5.41) is 0. The number of benzene rings is 1. The van der Waals surface area contributed by atoms with Crippen LogP contribution in [0.5, 0.6) is 0 Å². The summed E-state index contributed by atoms with van der Waals surface area (Å²) in [5.74, 6) is 0. The first-order valence-electron chi connectivity index (χ1n) is 4.62. The molecule has 1 aliphatic rings. The molecule has 1 aromatic rings. The van der Waals surface area contributed by atoms with Crippen LogP contribution < -0.4 is 5.46 Å². The van der Waals surface area contributed by atoms with Crippen molar-refractivity contribution in [1.29, 1.82) is 0 Å². The second kappa shape index (κ2) is 3.92. The normalized spacial score (nSPS) is 14.5. The van der Waals surface area contributed by atoms with Crippen molar-refractivity contribution in [3.8, 4) is 0 Å². The van der Waals surface area contributed by atoms with E-state index in [9.17, 15) is 0 Å². The molecular weight excluding hydrogens is 221 g/mol. The molecule has 2 nitrogen and oxygen atoms in total. The van der Waals surface area contributed by atoms with Gasteiger partial charge in [-0.15, -0.1) is 0 Å². The minimum atomic E-state index is -1.43. The van der Waals surface area contributed by atoms with Crippen LogP contribution in [0.1, 0.15) is 5.56 Å². The predicted molar refractivity (Wildman–Crippen MR) is 55.2 cm³/mol. The SMILES string of the molecule is [CH3][Ga]([CH3])[O]B1OCc2ccccc21. The fraction of sp³-hybridized carbons (Fsp3) is 0.333. The van der Waals surface area contributed by atoms with Crippen LogP contribution in [0.4, 0.5) is 0 Å². The maximum atomic E-state index is 5.80. The minimum absolute atomic E-state index is 0.0730. The first kappa shape index (κ1) is 9.40. The first-order chi connectivity index (χ1) is 6.27. The molecule has 0 fully saturated rings. The van der Waals surface area contributed by atoms with Gasteiger partial charge < -0.3 is 0 Å². The standard InChI is InChI=1S/C7H6BO2.2CH3.Ga/c9-8-7-4-2-1-3-6(7)5-10-8;;;/h1-4H,5H2;2*1H3;/q-1;;;+1. The van der Waals surface area contributed by atoms with Crippen molar-refractivity contribution in [2.45, 2.75) is 17.6 Å². The van der Waals surface area contributed by atoms with Crippen LogP contribution in [0.25, 0.3) is 0 Å². The molecule has 0 unspecified atom stereocenters. The Labute approximate surface area is 84.8 Å². The summed E-state index contributed by atoms with van der Waals surface area (Å²) in [6.45, 7) is 0.704. The second-order valence-corrected chi connectivity index (χ2v) is 8.50. The van der Waals surface area contributed by atoms with Crippen molar-refractivity contribution in [3.63, 3.8) is 0 Å². The maximum absolute atomic E-state index is 5.80. The molecule has 13 heavy (non-hydrogen) atoms. The third-order valence-electron chi connectivity index (χ3n) is 2.10. The van der Waals surface area contributed by atoms with Gasteiger partial charge in [0.15, 0.2) is 0 Å². The molecule has 0 amide bonds. The number of hydrogen-bond donors (Lipinski definition) is 0. The van der Waals surface area contributed by atoms with E-state index in [1.54, 1.807) is 0 Å². The Morgan fingerprint density at radius 1 is 1.38 bits per heavy atom. The van der Waals surface area contributed by atoms with Gasteiger partial charge in [-0.2, -0.15) is 0 Å². The van der Waals surface area contributed by atoms with E-state index >= 15 is 0 Å². The Bertz CT molecular complexity index is 303. The fourth-order valence-electron chi connectivity index (χ4n) is 1.51. The fourth-order valence-corrected chi connectivity index (χ4v) is 3.02. The zero-order chi connectivity index (χ0) is 9.26. The summed E-state index contributed by atoms with van der Waals surface area (Å²) in [4.78, 5) is 0. The van der Waals surface area contributed by atoms with Gasteiger partial charge in [0.25, 0.3) is 0 Å². The summed E-state index contributed by atoms with van der Waals surface area (Å²) in [7, 11) is -0.0730. The second-order valence-electron chi connectivity index (χ2n) is 3.53. The van der Waals surface area contributed by atoms with Gasteiger partial charge in [-0.3, -0.25) is 0 Å². The third-order valence-corrected chi connectivity index (χ3v) is 3.76. The topological polar surface area (TPSA) is 18.5 Å². The van der Waals surface area contributed by atoms with Crippen LogP contribution in [0.3, 0.4) is 0 Å². The molecule has 0 saturated heterocycles. The van der Waals surface area contributed by atoms with Gasteiger partial charge in [0.2, 0.25) is 0 Å². The van der Waals surface area contributed by atoms with Gasteiger partial charge in [-0.05, 0) is 0 Å². The monoisotopic (exact) mass is 232 g/mol. The van der Waals surface area contributed by atoms with Gasteiger partial charge in [0.1, 0.15) is 0 Å². The van der Waals surface area contributed by atoms with Gasteiger partial charge in [-0.25, -0.2) is 0 Å². The van der Waals surface area contributed by atoms with E-state index in [2.05, 4.69) is 23.1 Å². The van der Waals surface area contributed by atoms with E-state index in [-0.39, 0.29) is 7.12 Å². The molecule has 1 aromatic carbocycles. The zero-order valence-electron chi connectivity index (χ0n) is 7.99. The predicted octanol–water partition coefficient (Wildman–Crippen LogP) is 1.18. The molecule has 2 rings (SSSR count). The van der Waals surface area contributed by atoms with Crippen molar-refractivity contribution in [2.24, 2.45) is 0 Å². The molecule has 66 valence electrons. The van der Waals surface area contributed by atoms with Gasteiger partial charge in [0.05, 0.1) is 0 Å². The van der Waals surface area contributed by atoms with E-state index in [0.717, 1.165) is 0 Å². The molecule has 0 atom stereocenters. The Morgan fingerprint density at radius 3 is 2.92 bits per heavy atom. The average molecular weight is 233 g/mol. The zero-order valence-corrected chi connectivity index (χ0v) is 10.4. The molecule has 0 aromatic heterocycles. The Morgan fingerprint density at radius 2 is 2.15 bits per heavy atom. The van der Waals surface area contributed by atoms with E-state index in [1.165, 1.54) is 11.0 Å². The molecular formula is C9H12BGaO2. The van der Waals surface area contributed by atoms with E-state index in [0.29, 0.717) is 6.61 Å². The Balaban J connectivity index is 2.18. The van der Waals surface area contributed by atoms with E-state index in [4.69, 9.17) is 8.10 Å². The van der Waals surface area contributed by atoms with E-state index < -0.39 is 16.6 Å². The third kappa shape index (κ3) is 2.02. The van der Waals surface area contributed by atoms with Gasteiger partial charge >= 0.3 is 84.7 Å². The first-order valence-corrected chi connectivity index (χ1v) is 10.5. The molecule has 0 bridgehead atoms. The van der Waals surface area contributed by atoms with Crippen molar-refractivity contribution < 1.29 is 8.10 Å². The van der Waals surface area contributed by atoms with Gasteiger partial charge in [-0.1, -0.05) is 0 Å². The molecule has 0 saturated carbocycles. The molecule has 0 aliphatic carbocycles. The van der Waals surface area contributed by atoms with Crippen molar-refractivity contribution >= 4 is 29.2 Å². The number of hydrogen-bond acceptors (Lipinski definition) is 2. The summed E-state index contributed by atoms with van der Waals surface area (Å²) in [6.07, 6.45) is 0. The molecule has 1 heterocycles. The Kier molecular flexibility index (Phi) is 2.83. The van der Waals surface area contributed by atoms with Crippen LogP contribution in [0.15, 0.2) is 24.3 Å². The molecule has 0 spiro atoms. The van der Waals surface area contributed by atoms with Crippen LogP contribution in [0.2, 0.25) is 11.0 Å². The summed E-state index contributed by atoms with van der Waals surface area (Å²) < 4.78 is 11.4. The molecule has 0 N–H and O–H groups in total. The number of rotatable bonds is 2. The molecule has 4 heteroatoms. The summed E-state index contributed by atoms with van der Waals surface area (Å²) >= 11 is -1.43. The van der Waals surface area contributed by atoms with Crippen LogP contribution in [0, 0.1) is 0 Å². The molecule has 1 aliphatic heterocycles. The Hall–Kier alpha value is -0.159. The van der Waals surface area contributed by atoms with Crippen molar-refractivity contribution in [1.82, 2.24) is 0 Å².